The number of rotatable bonds is 22. The molecular formula is C34H58O5. The Morgan fingerprint density at radius 3 is 2.26 bits per heavy atom. The average molecular weight is 547 g/mol. The second-order valence-electron chi connectivity index (χ2n) is 11.5. The van der Waals surface area contributed by atoms with Crippen LogP contribution in [0.3, 0.4) is 0 Å². The summed E-state index contributed by atoms with van der Waals surface area (Å²) >= 11 is 0. The highest BCUT2D eigenvalue weighted by atomic mass is 16.5. The first-order chi connectivity index (χ1) is 18.8. The maximum atomic E-state index is 13.1. The third-order valence-electron chi connectivity index (χ3n) is 7.64. The van der Waals surface area contributed by atoms with Gasteiger partial charge in [-0.3, -0.25) is 9.59 Å². The van der Waals surface area contributed by atoms with Crippen LogP contribution in [0.1, 0.15) is 130 Å². The van der Waals surface area contributed by atoms with E-state index in [1.165, 1.54) is 38.5 Å². The van der Waals surface area contributed by atoms with Crippen molar-refractivity contribution in [3.63, 3.8) is 0 Å². The summed E-state index contributed by atoms with van der Waals surface area (Å²) in [6.07, 6.45) is 24.9. The molecule has 0 radical (unpaired) electrons. The Morgan fingerprint density at radius 2 is 1.59 bits per heavy atom. The molecule has 1 aliphatic rings. The van der Waals surface area contributed by atoms with Crippen molar-refractivity contribution in [2.24, 2.45) is 17.8 Å². The maximum absolute atomic E-state index is 13.1. The zero-order valence-corrected chi connectivity index (χ0v) is 25.5. The predicted molar refractivity (Wildman–Crippen MR) is 161 cm³/mol. The minimum atomic E-state index is -0.518. The predicted octanol–water partition coefficient (Wildman–Crippen LogP) is 8.65. The molecule has 1 aliphatic carbocycles. The summed E-state index contributed by atoms with van der Waals surface area (Å²) in [7, 11) is 0. The highest BCUT2D eigenvalue weighted by Gasteiger charge is 2.43. The molecule has 0 aromatic carbocycles. The van der Waals surface area contributed by atoms with Gasteiger partial charge in [0, 0.05) is 24.7 Å². The van der Waals surface area contributed by atoms with Gasteiger partial charge in [-0.15, -0.1) is 6.58 Å². The zero-order valence-electron chi connectivity index (χ0n) is 25.5. The number of esters is 2. The van der Waals surface area contributed by atoms with Crippen molar-refractivity contribution in [1.29, 1.82) is 0 Å². The molecular weight excluding hydrogens is 488 g/mol. The lowest BCUT2D eigenvalue weighted by Crippen LogP contribution is -2.28. The molecule has 1 unspecified atom stereocenters. The van der Waals surface area contributed by atoms with Gasteiger partial charge in [0.25, 0.3) is 0 Å². The molecule has 5 heteroatoms. The first-order valence-electron chi connectivity index (χ1n) is 15.9. The quantitative estimate of drug-likeness (QED) is 0.0835. The van der Waals surface area contributed by atoms with E-state index in [9.17, 15) is 14.7 Å². The molecule has 0 aliphatic heterocycles. The van der Waals surface area contributed by atoms with Gasteiger partial charge in [-0.2, -0.15) is 0 Å². The van der Waals surface area contributed by atoms with E-state index in [1.54, 1.807) is 6.08 Å². The smallest absolute Gasteiger partial charge is 0.313 e. The van der Waals surface area contributed by atoms with Crippen LogP contribution in [0, 0.1) is 17.8 Å². The lowest BCUT2D eigenvalue weighted by molar-refractivity contribution is -0.154. The molecule has 0 spiro atoms. The molecule has 0 aromatic rings. The Balaban J connectivity index is 2.75. The van der Waals surface area contributed by atoms with Crippen LogP contribution in [0.5, 0.6) is 0 Å². The molecule has 5 nitrogen and oxygen atoms in total. The van der Waals surface area contributed by atoms with Gasteiger partial charge in [0.15, 0.2) is 0 Å². The lowest BCUT2D eigenvalue weighted by Gasteiger charge is -2.24. The number of unbranched alkanes of at least 4 members (excludes halogenated alkanes) is 9. The number of carbonyl (C=O) groups is 2. The summed E-state index contributed by atoms with van der Waals surface area (Å²) in [6, 6.07) is 0. The molecule has 224 valence electrons. The Hall–Kier alpha value is -1.88. The molecule has 1 rings (SSSR count). The van der Waals surface area contributed by atoms with Crippen LogP contribution in [-0.4, -0.2) is 35.4 Å². The van der Waals surface area contributed by atoms with Crippen molar-refractivity contribution in [3.8, 4) is 0 Å². The summed E-state index contributed by atoms with van der Waals surface area (Å²) in [5.41, 5.74) is 0. The highest BCUT2D eigenvalue weighted by Crippen LogP contribution is 2.39. The van der Waals surface area contributed by atoms with Crippen molar-refractivity contribution in [1.82, 2.24) is 0 Å². The first-order valence-corrected chi connectivity index (χ1v) is 15.9. The maximum Gasteiger partial charge on any atom is 0.313 e. The van der Waals surface area contributed by atoms with E-state index in [4.69, 9.17) is 9.47 Å². The lowest BCUT2D eigenvalue weighted by atomic mass is 9.89. The summed E-state index contributed by atoms with van der Waals surface area (Å²) < 4.78 is 11.3. The number of aliphatic hydroxyl groups is 1. The van der Waals surface area contributed by atoms with E-state index < -0.39 is 6.10 Å². The minimum absolute atomic E-state index is 0.0316. The van der Waals surface area contributed by atoms with E-state index in [2.05, 4.69) is 44.7 Å². The van der Waals surface area contributed by atoms with E-state index in [0.29, 0.717) is 12.8 Å². The van der Waals surface area contributed by atoms with Crippen LogP contribution in [0.15, 0.2) is 37.0 Å². The fourth-order valence-corrected chi connectivity index (χ4v) is 5.35. The summed E-state index contributed by atoms with van der Waals surface area (Å²) in [6.45, 7) is 12.0. The van der Waals surface area contributed by atoms with Gasteiger partial charge >= 0.3 is 11.9 Å². The number of hydrogen-bond acceptors (Lipinski definition) is 5. The molecule has 0 amide bonds. The van der Waals surface area contributed by atoms with Gasteiger partial charge < -0.3 is 14.6 Å². The fraction of sp³-hybridized carbons (Fsp3) is 0.765. The second-order valence-corrected chi connectivity index (χ2v) is 11.5. The van der Waals surface area contributed by atoms with Crippen LogP contribution in [0.4, 0.5) is 0 Å². The fourth-order valence-electron chi connectivity index (χ4n) is 5.35. The summed E-state index contributed by atoms with van der Waals surface area (Å²) in [4.78, 5) is 24.8. The monoisotopic (exact) mass is 546 g/mol. The van der Waals surface area contributed by atoms with Gasteiger partial charge in [0.05, 0.1) is 18.1 Å². The topological polar surface area (TPSA) is 72.8 Å². The van der Waals surface area contributed by atoms with E-state index >= 15 is 0 Å². The van der Waals surface area contributed by atoms with Gasteiger partial charge in [0.2, 0.25) is 0 Å². The molecule has 39 heavy (non-hydrogen) atoms. The molecule has 0 heterocycles. The molecule has 1 fully saturated rings. The van der Waals surface area contributed by atoms with Crippen molar-refractivity contribution >= 4 is 11.9 Å². The van der Waals surface area contributed by atoms with E-state index in [1.807, 2.05) is 13.8 Å². The largest absolute Gasteiger partial charge is 0.463 e. The van der Waals surface area contributed by atoms with Crippen molar-refractivity contribution in [3.05, 3.63) is 37.0 Å². The van der Waals surface area contributed by atoms with Gasteiger partial charge in [-0.1, -0.05) is 95.6 Å². The Bertz CT molecular complexity index is 725. The normalized spacial score (nSPS) is 22.1. The Labute approximate surface area is 239 Å². The molecule has 5 atom stereocenters. The number of hydrogen-bond donors (Lipinski definition) is 1. The number of allylic oxidation sites excluding steroid dienone is 3. The van der Waals surface area contributed by atoms with Crippen LogP contribution in [0.25, 0.3) is 0 Å². The van der Waals surface area contributed by atoms with Crippen LogP contribution >= 0.6 is 0 Å². The SMILES string of the molecule is C=CC(CCCCCCC)C(=O)O[C@H]1C[C@@H](O)[C@H](/C=C/CCCCCC)[C@H]1C/C=C\CCCC(=O)OC(C)C. The third kappa shape index (κ3) is 15.5. The van der Waals surface area contributed by atoms with Gasteiger partial charge in [0.1, 0.15) is 6.10 Å². The third-order valence-corrected chi connectivity index (χ3v) is 7.64. The standard InChI is InChI=1S/C34H58O5/c1-6-9-11-13-15-19-23-29-30(24-20-16-17-21-25-33(36)38-27(4)5)32(26-31(29)35)39-34(37)28(8-3)22-18-14-12-10-7-2/h8,16,19-20,23,27-32,35H,3,6-7,9-15,17-18,21-22,24-26H2,1-2,4-5H3/b20-16-,23-19+/t28?,29-,30-,31-,32+/m1/s1. The van der Waals surface area contributed by atoms with Crippen molar-refractivity contribution in [2.75, 3.05) is 0 Å². The van der Waals surface area contributed by atoms with Gasteiger partial charge in [-0.05, 0) is 52.4 Å². The van der Waals surface area contributed by atoms with Crippen molar-refractivity contribution < 1.29 is 24.2 Å². The molecule has 0 saturated heterocycles. The summed E-state index contributed by atoms with van der Waals surface area (Å²) in [5, 5.41) is 10.9. The van der Waals surface area contributed by atoms with Crippen molar-refractivity contribution in [2.45, 2.75) is 149 Å². The first kappa shape index (κ1) is 35.1. The van der Waals surface area contributed by atoms with Crippen LogP contribution < -0.4 is 0 Å². The molecule has 0 bridgehead atoms. The second kappa shape index (κ2) is 21.9. The van der Waals surface area contributed by atoms with Crippen LogP contribution in [0.2, 0.25) is 0 Å². The summed E-state index contributed by atoms with van der Waals surface area (Å²) in [5.74, 6) is -0.655. The minimum Gasteiger partial charge on any atom is -0.463 e. The Kier molecular flexibility index (Phi) is 19.7. The molecule has 0 aromatic heterocycles. The Morgan fingerprint density at radius 1 is 0.923 bits per heavy atom. The van der Waals surface area contributed by atoms with E-state index in [-0.39, 0.29) is 41.9 Å². The molecule has 1 saturated carbocycles. The number of ether oxygens (including phenoxy) is 2. The molecule has 1 N–H and O–H groups in total. The highest BCUT2D eigenvalue weighted by molar-refractivity contribution is 5.74. The average Bonchev–Trinajstić information content (AvgIpc) is 3.18. The van der Waals surface area contributed by atoms with Gasteiger partial charge in [-0.25, -0.2) is 0 Å². The van der Waals surface area contributed by atoms with E-state index in [0.717, 1.165) is 51.4 Å². The number of aliphatic hydroxyl groups excluding tert-OH is 1. The number of carbonyl (C=O) groups excluding carboxylic acids is 2. The van der Waals surface area contributed by atoms with Crippen LogP contribution in [-0.2, 0) is 19.1 Å². The zero-order chi connectivity index (χ0) is 28.9.